The van der Waals surface area contributed by atoms with Gasteiger partial charge in [-0.25, -0.2) is 0 Å². The van der Waals surface area contributed by atoms with Gasteiger partial charge in [0.15, 0.2) is 5.96 Å². The van der Waals surface area contributed by atoms with E-state index >= 15 is 0 Å². The number of hydrogen-bond donors (Lipinski definition) is 2. The molecule has 1 amide bonds. The Kier molecular flexibility index (Phi) is 10.1. The molecule has 0 unspecified atom stereocenters. The monoisotopic (exact) mass is 466 g/mol. The third-order valence-corrected chi connectivity index (χ3v) is 4.37. The van der Waals surface area contributed by atoms with Crippen LogP contribution >= 0.6 is 24.0 Å². The number of piperidine rings is 1. The second-order valence-electron chi connectivity index (χ2n) is 6.31. The summed E-state index contributed by atoms with van der Waals surface area (Å²) in [5.74, 6) is 1.18. The highest BCUT2D eigenvalue weighted by Gasteiger charge is 2.29. The number of amides is 1. The smallest absolute Gasteiger partial charge is 0.309 e. The number of likely N-dealkylation sites (tertiary alicyclic amines) is 1. The maximum Gasteiger partial charge on any atom is 0.309 e. The van der Waals surface area contributed by atoms with E-state index in [4.69, 9.17) is 4.74 Å². The first-order valence-electron chi connectivity index (χ1n) is 9.13. The van der Waals surface area contributed by atoms with Crippen molar-refractivity contribution in [3.63, 3.8) is 0 Å². The number of ether oxygens (including phenoxy) is 1. The Morgan fingerprint density at radius 3 is 2.32 bits per heavy atom. The molecule has 25 heavy (non-hydrogen) atoms. The molecule has 8 heteroatoms. The van der Waals surface area contributed by atoms with Crippen LogP contribution in [0.25, 0.3) is 0 Å². The van der Waals surface area contributed by atoms with Gasteiger partial charge < -0.3 is 20.3 Å². The van der Waals surface area contributed by atoms with E-state index in [1.165, 1.54) is 0 Å². The fourth-order valence-corrected chi connectivity index (χ4v) is 2.84. The minimum absolute atomic E-state index is 0. The van der Waals surface area contributed by atoms with Crippen molar-refractivity contribution in [3.8, 4) is 0 Å². The molecule has 0 aromatic rings. The molecule has 0 aromatic carbocycles. The van der Waals surface area contributed by atoms with E-state index in [9.17, 15) is 9.59 Å². The molecule has 2 aliphatic rings. The lowest BCUT2D eigenvalue weighted by molar-refractivity contribution is -0.149. The molecule has 1 heterocycles. The summed E-state index contributed by atoms with van der Waals surface area (Å²) in [7, 11) is 0. The van der Waals surface area contributed by atoms with Crippen molar-refractivity contribution < 1.29 is 14.3 Å². The predicted molar refractivity (Wildman–Crippen MR) is 108 cm³/mol. The molecular formula is C17H31IN4O3. The van der Waals surface area contributed by atoms with Crippen LogP contribution in [0, 0.1) is 11.8 Å². The van der Waals surface area contributed by atoms with Gasteiger partial charge in [-0.1, -0.05) is 0 Å². The quantitative estimate of drug-likeness (QED) is 0.195. The van der Waals surface area contributed by atoms with Gasteiger partial charge in [0.05, 0.1) is 19.1 Å². The Hall–Kier alpha value is -1.06. The van der Waals surface area contributed by atoms with E-state index in [0.29, 0.717) is 19.7 Å². The average Bonchev–Trinajstić information content (AvgIpc) is 3.43. The Morgan fingerprint density at radius 2 is 1.76 bits per heavy atom. The van der Waals surface area contributed by atoms with Crippen LogP contribution in [-0.2, 0) is 14.3 Å². The first kappa shape index (κ1) is 22.0. The van der Waals surface area contributed by atoms with Crippen LogP contribution in [0.4, 0.5) is 0 Å². The Morgan fingerprint density at radius 1 is 1.08 bits per heavy atom. The SMILES string of the molecule is CCNC(=NCCNC(=O)C1CC1)N1CCC(C(=O)OCC)CC1.I. The number of aliphatic imine (C=N–C) groups is 1. The summed E-state index contributed by atoms with van der Waals surface area (Å²) in [4.78, 5) is 30.2. The van der Waals surface area contributed by atoms with Gasteiger partial charge in [0.2, 0.25) is 5.91 Å². The molecule has 144 valence electrons. The van der Waals surface area contributed by atoms with Gasteiger partial charge in [0, 0.05) is 32.1 Å². The summed E-state index contributed by atoms with van der Waals surface area (Å²) in [6.07, 6.45) is 3.63. The van der Waals surface area contributed by atoms with Crippen LogP contribution in [-0.4, -0.2) is 62.1 Å². The van der Waals surface area contributed by atoms with Crippen LogP contribution < -0.4 is 10.6 Å². The van der Waals surface area contributed by atoms with Crippen LogP contribution in [0.1, 0.15) is 39.5 Å². The zero-order valence-corrected chi connectivity index (χ0v) is 17.6. The highest BCUT2D eigenvalue weighted by Crippen LogP contribution is 2.28. The van der Waals surface area contributed by atoms with E-state index in [1.807, 2.05) is 13.8 Å². The summed E-state index contributed by atoms with van der Waals surface area (Å²) in [6.45, 7) is 7.84. The maximum absolute atomic E-state index is 11.8. The topological polar surface area (TPSA) is 83.0 Å². The van der Waals surface area contributed by atoms with Gasteiger partial charge in [-0.3, -0.25) is 14.6 Å². The summed E-state index contributed by atoms with van der Waals surface area (Å²) < 4.78 is 5.11. The number of rotatable bonds is 7. The maximum atomic E-state index is 11.8. The summed E-state index contributed by atoms with van der Waals surface area (Å²) in [6, 6.07) is 0. The molecule has 2 fully saturated rings. The van der Waals surface area contributed by atoms with Crippen LogP contribution in [0.3, 0.4) is 0 Å². The second kappa shape index (κ2) is 11.5. The van der Waals surface area contributed by atoms with Crippen molar-refractivity contribution in [1.82, 2.24) is 15.5 Å². The fourth-order valence-electron chi connectivity index (χ4n) is 2.84. The first-order valence-corrected chi connectivity index (χ1v) is 9.13. The van der Waals surface area contributed by atoms with Crippen LogP contribution in [0.15, 0.2) is 4.99 Å². The summed E-state index contributed by atoms with van der Waals surface area (Å²) in [5, 5.41) is 6.22. The van der Waals surface area contributed by atoms with Gasteiger partial charge in [-0.15, -0.1) is 24.0 Å². The zero-order valence-electron chi connectivity index (χ0n) is 15.3. The lowest BCUT2D eigenvalue weighted by Gasteiger charge is -2.33. The van der Waals surface area contributed by atoms with Gasteiger partial charge >= 0.3 is 5.97 Å². The van der Waals surface area contributed by atoms with Crippen LogP contribution in [0.5, 0.6) is 0 Å². The van der Waals surface area contributed by atoms with E-state index in [2.05, 4.69) is 20.5 Å². The van der Waals surface area contributed by atoms with Crippen molar-refractivity contribution in [2.45, 2.75) is 39.5 Å². The normalized spacial score (nSPS) is 18.3. The molecule has 1 aliphatic heterocycles. The number of nitrogens with one attached hydrogen (secondary N) is 2. The number of carbonyl (C=O) groups excluding carboxylic acids is 2. The molecule has 1 aliphatic carbocycles. The van der Waals surface area contributed by atoms with Gasteiger partial charge in [0.1, 0.15) is 0 Å². The number of esters is 1. The molecule has 0 spiro atoms. The molecule has 0 radical (unpaired) electrons. The van der Waals surface area contributed by atoms with Gasteiger partial charge in [-0.2, -0.15) is 0 Å². The molecule has 7 nitrogen and oxygen atoms in total. The summed E-state index contributed by atoms with van der Waals surface area (Å²) >= 11 is 0. The van der Waals surface area contributed by atoms with Crippen molar-refractivity contribution in [2.75, 3.05) is 39.3 Å². The van der Waals surface area contributed by atoms with Crippen molar-refractivity contribution >= 4 is 41.8 Å². The lowest BCUT2D eigenvalue weighted by atomic mass is 9.97. The number of halogens is 1. The molecule has 2 N–H and O–H groups in total. The summed E-state index contributed by atoms with van der Waals surface area (Å²) in [5.41, 5.74) is 0. The fraction of sp³-hybridized carbons (Fsp3) is 0.824. The number of carbonyl (C=O) groups is 2. The van der Waals surface area contributed by atoms with E-state index < -0.39 is 0 Å². The van der Waals surface area contributed by atoms with E-state index in [-0.39, 0.29) is 47.7 Å². The third kappa shape index (κ3) is 7.37. The third-order valence-electron chi connectivity index (χ3n) is 4.37. The molecular weight excluding hydrogens is 435 g/mol. The minimum atomic E-state index is -0.0816. The van der Waals surface area contributed by atoms with Crippen molar-refractivity contribution in [2.24, 2.45) is 16.8 Å². The number of guanidine groups is 1. The molecule has 0 atom stereocenters. The molecule has 1 saturated carbocycles. The standard InChI is InChI=1S/C17H30N4O3.HI/c1-3-18-17(20-10-9-19-15(22)13-5-6-13)21-11-7-14(8-12-21)16(23)24-4-2;/h13-14H,3-12H2,1-2H3,(H,18,20)(H,19,22);1H. The minimum Gasteiger partial charge on any atom is -0.466 e. The molecule has 0 aromatic heterocycles. The number of hydrogen-bond acceptors (Lipinski definition) is 4. The Bertz CT molecular complexity index is 461. The van der Waals surface area contributed by atoms with Crippen molar-refractivity contribution in [3.05, 3.63) is 0 Å². The first-order chi connectivity index (χ1) is 11.7. The molecule has 0 bridgehead atoms. The largest absolute Gasteiger partial charge is 0.466 e. The highest BCUT2D eigenvalue weighted by atomic mass is 127. The Balaban J connectivity index is 0.00000312. The highest BCUT2D eigenvalue weighted by molar-refractivity contribution is 14.0. The second-order valence-corrected chi connectivity index (χ2v) is 6.31. The van der Waals surface area contributed by atoms with E-state index in [1.54, 1.807) is 0 Å². The lowest BCUT2D eigenvalue weighted by Crippen LogP contribution is -2.47. The predicted octanol–water partition coefficient (Wildman–Crippen LogP) is 1.37. The van der Waals surface area contributed by atoms with Gasteiger partial charge in [0.25, 0.3) is 0 Å². The van der Waals surface area contributed by atoms with Crippen molar-refractivity contribution in [1.29, 1.82) is 0 Å². The zero-order chi connectivity index (χ0) is 17.4. The van der Waals surface area contributed by atoms with Gasteiger partial charge in [-0.05, 0) is 39.5 Å². The molecule has 2 rings (SSSR count). The molecule has 1 saturated heterocycles. The van der Waals surface area contributed by atoms with Crippen LogP contribution in [0.2, 0.25) is 0 Å². The number of nitrogens with zero attached hydrogens (tertiary/aromatic N) is 2. The van der Waals surface area contributed by atoms with E-state index in [0.717, 1.165) is 51.3 Å². The Labute approximate surface area is 167 Å². The average molecular weight is 466 g/mol.